The Morgan fingerprint density at radius 2 is 2.00 bits per heavy atom. The van der Waals surface area contributed by atoms with Gasteiger partial charge in [0.25, 0.3) is 0 Å². The average molecular weight is 282 g/mol. The number of rotatable bonds is 4. The monoisotopic (exact) mass is 282 g/mol. The summed E-state index contributed by atoms with van der Waals surface area (Å²) in [6, 6.07) is 0. The van der Waals surface area contributed by atoms with Crippen molar-refractivity contribution in [3.05, 3.63) is 0 Å². The maximum Gasteiger partial charge on any atom is 0.307 e. The van der Waals surface area contributed by atoms with Crippen LogP contribution in [0, 0.1) is 23.7 Å². The summed E-state index contributed by atoms with van der Waals surface area (Å²) in [5, 5.41) is 12.2. The Labute approximate surface area is 120 Å². The molecule has 4 unspecified atom stereocenters. The highest BCUT2D eigenvalue weighted by molar-refractivity contribution is 5.85. The van der Waals surface area contributed by atoms with E-state index in [1.807, 2.05) is 6.92 Å². The molecule has 1 amide bonds. The Balaban J connectivity index is 1.83. The SMILES string of the molecule is CC1CC(C(=O)O)C(C(=O)NCC2CCCN(C)C2)C1. The van der Waals surface area contributed by atoms with Crippen LogP contribution in [0.3, 0.4) is 0 Å². The molecule has 0 radical (unpaired) electrons. The number of nitrogens with zero attached hydrogens (tertiary/aromatic N) is 1. The molecule has 5 heteroatoms. The van der Waals surface area contributed by atoms with Gasteiger partial charge in [0.05, 0.1) is 11.8 Å². The van der Waals surface area contributed by atoms with Gasteiger partial charge in [-0.25, -0.2) is 0 Å². The van der Waals surface area contributed by atoms with E-state index in [-0.39, 0.29) is 11.8 Å². The van der Waals surface area contributed by atoms with E-state index in [1.165, 1.54) is 6.42 Å². The molecule has 0 aromatic carbocycles. The van der Waals surface area contributed by atoms with Crippen molar-refractivity contribution >= 4 is 11.9 Å². The lowest BCUT2D eigenvalue weighted by atomic mass is 9.94. The molecule has 1 heterocycles. The maximum absolute atomic E-state index is 12.2. The molecule has 4 atom stereocenters. The first-order valence-corrected chi connectivity index (χ1v) is 7.66. The number of piperidine rings is 1. The van der Waals surface area contributed by atoms with E-state index in [0.29, 0.717) is 31.2 Å². The Morgan fingerprint density at radius 3 is 2.65 bits per heavy atom. The van der Waals surface area contributed by atoms with Crippen molar-refractivity contribution in [3.8, 4) is 0 Å². The molecular weight excluding hydrogens is 256 g/mol. The van der Waals surface area contributed by atoms with E-state index < -0.39 is 11.9 Å². The quantitative estimate of drug-likeness (QED) is 0.812. The highest BCUT2D eigenvalue weighted by Gasteiger charge is 2.41. The molecule has 2 fully saturated rings. The molecule has 1 saturated heterocycles. The number of carboxylic acids is 1. The highest BCUT2D eigenvalue weighted by Crippen LogP contribution is 2.36. The Bertz CT molecular complexity index is 372. The van der Waals surface area contributed by atoms with Crippen LogP contribution in [-0.4, -0.2) is 48.6 Å². The minimum atomic E-state index is -0.827. The van der Waals surface area contributed by atoms with E-state index in [2.05, 4.69) is 17.3 Å². The zero-order valence-electron chi connectivity index (χ0n) is 12.5. The third-order valence-electron chi connectivity index (χ3n) is 4.74. The summed E-state index contributed by atoms with van der Waals surface area (Å²) < 4.78 is 0. The topological polar surface area (TPSA) is 69.6 Å². The van der Waals surface area contributed by atoms with Crippen molar-refractivity contribution in [2.75, 3.05) is 26.7 Å². The van der Waals surface area contributed by atoms with Crippen LogP contribution in [0.15, 0.2) is 0 Å². The second-order valence-electron chi connectivity index (χ2n) is 6.64. The summed E-state index contributed by atoms with van der Waals surface area (Å²) >= 11 is 0. The number of carboxylic acid groups (broad SMARTS) is 1. The molecule has 2 rings (SSSR count). The van der Waals surface area contributed by atoms with Crippen molar-refractivity contribution in [1.82, 2.24) is 10.2 Å². The number of hydrogen-bond acceptors (Lipinski definition) is 3. The summed E-state index contributed by atoms with van der Waals surface area (Å²) in [6.07, 6.45) is 3.65. The van der Waals surface area contributed by atoms with Crippen molar-refractivity contribution in [2.24, 2.45) is 23.7 Å². The van der Waals surface area contributed by atoms with Crippen molar-refractivity contribution < 1.29 is 14.7 Å². The first-order valence-electron chi connectivity index (χ1n) is 7.66. The lowest BCUT2D eigenvalue weighted by molar-refractivity contribution is -0.146. The number of nitrogens with one attached hydrogen (secondary N) is 1. The fourth-order valence-electron chi connectivity index (χ4n) is 3.67. The van der Waals surface area contributed by atoms with E-state index in [1.54, 1.807) is 0 Å². The predicted octanol–water partition coefficient (Wildman–Crippen LogP) is 1.19. The van der Waals surface area contributed by atoms with Gasteiger partial charge in [-0.15, -0.1) is 0 Å². The van der Waals surface area contributed by atoms with Crippen LogP contribution < -0.4 is 5.32 Å². The zero-order valence-corrected chi connectivity index (χ0v) is 12.5. The number of aliphatic carboxylic acids is 1. The van der Waals surface area contributed by atoms with Gasteiger partial charge < -0.3 is 15.3 Å². The number of likely N-dealkylation sites (tertiary alicyclic amines) is 1. The van der Waals surface area contributed by atoms with E-state index in [0.717, 1.165) is 19.5 Å². The third-order valence-corrected chi connectivity index (χ3v) is 4.74. The molecule has 1 aliphatic carbocycles. The van der Waals surface area contributed by atoms with Crippen LogP contribution in [0.1, 0.15) is 32.6 Å². The van der Waals surface area contributed by atoms with Gasteiger partial charge in [-0.05, 0) is 51.1 Å². The fraction of sp³-hybridized carbons (Fsp3) is 0.867. The van der Waals surface area contributed by atoms with Crippen LogP contribution in [0.4, 0.5) is 0 Å². The largest absolute Gasteiger partial charge is 0.481 e. The summed E-state index contributed by atoms with van der Waals surface area (Å²) in [4.78, 5) is 25.8. The summed E-state index contributed by atoms with van der Waals surface area (Å²) in [7, 11) is 2.10. The van der Waals surface area contributed by atoms with Gasteiger partial charge in [-0.2, -0.15) is 0 Å². The number of carbonyl (C=O) groups is 2. The fourth-order valence-corrected chi connectivity index (χ4v) is 3.67. The second-order valence-corrected chi connectivity index (χ2v) is 6.64. The Hall–Kier alpha value is -1.10. The normalized spacial score (nSPS) is 34.9. The molecule has 1 aliphatic heterocycles. The van der Waals surface area contributed by atoms with E-state index in [4.69, 9.17) is 0 Å². The zero-order chi connectivity index (χ0) is 14.7. The predicted molar refractivity (Wildman–Crippen MR) is 76.2 cm³/mol. The molecule has 0 aromatic rings. The van der Waals surface area contributed by atoms with E-state index >= 15 is 0 Å². The molecule has 0 bridgehead atoms. The van der Waals surface area contributed by atoms with Crippen LogP contribution in [-0.2, 0) is 9.59 Å². The Morgan fingerprint density at radius 1 is 1.30 bits per heavy atom. The molecule has 2 aliphatic rings. The van der Waals surface area contributed by atoms with Gasteiger partial charge in [-0.1, -0.05) is 6.92 Å². The molecule has 0 aromatic heterocycles. The molecule has 5 nitrogen and oxygen atoms in total. The molecular formula is C15H26N2O3. The van der Waals surface area contributed by atoms with Crippen LogP contribution in [0.5, 0.6) is 0 Å². The first kappa shape index (κ1) is 15.3. The smallest absolute Gasteiger partial charge is 0.307 e. The second kappa shape index (κ2) is 6.57. The maximum atomic E-state index is 12.2. The lowest BCUT2D eigenvalue weighted by Crippen LogP contribution is -2.42. The average Bonchev–Trinajstić information content (AvgIpc) is 2.78. The van der Waals surface area contributed by atoms with E-state index in [9.17, 15) is 14.7 Å². The molecule has 114 valence electrons. The van der Waals surface area contributed by atoms with Crippen LogP contribution in [0.25, 0.3) is 0 Å². The molecule has 1 saturated carbocycles. The third kappa shape index (κ3) is 3.72. The van der Waals surface area contributed by atoms with Gasteiger partial charge in [0.2, 0.25) is 5.91 Å². The number of hydrogen-bond donors (Lipinski definition) is 2. The van der Waals surface area contributed by atoms with Crippen LogP contribution in [0.2, 0.25) is 0 Å². The van der Waals surface area contributed by atoms with Crippen molar-refractivity contribution in [3.63, 3.8) is 0 Å². The standard InChI is InChI=1S/C15H26N2O3/c1-10-6-12(13(7-10)15(19)20)14(18)16-8-11-4-3-5-17(2)9-11/h10-13H,3-9H2,1-2H3,(H,16,18)(H,19,20). The number of amides is 1. The summed E-state index contributed by atoms with van der Waals surface area (Å²) in [5.41, 5.74) is 0. The van der Waals surface area contributed by atoms with Crippen molar-refractivity contribution in [2.45, 2.75) is 32.6 Å². The van der Waals surface area contributed by atoms with Crippen LogP contribution >= 0.6 is 0 Å². The molecule has 0 spiro atoms. The van der Waals surface area contributed by atoms with Gasteiger partial charge >= 0.3 is 5.97 Å². The van der Waals surface area contributed by atoms with Crippen molar-refractivity contribution in [1.29, 1.82) is 0 Å². The first-order chi connectivity index (χ1) is 9.47. The minimum absolute atomic E-state index is 0.0602. The molecule has 2 N–H and O–H groups in total. The van der Waals surface area contributed by atoms with Gasteiger partial charge in [0.15, 0.2) is 0 Å². The highest BCUT2D eigenvalue weighted by atomic mass is 16.4. The van der Waals surface area contributed by atoms with Gasteiger partial charge in [0, 0.05) is 13.1 Å². The lowest BCUT2D eigenvalue weighted by Gasteiger charge is -2.30. The molecule has 20 heavy (non-hydrogen) atoms. The Kier molecular flexibility index (Phi) is 5.02. The summed E-state index contributed by atoms with van der Waals surface area (Å²) in [6.45, 7) is 4.86. The van der Waals surface area contributed by atoms with Gasteiger partial charge in [0.1, 0.15) is 0 Å². The minimum Gasteiger partial charge on any atom is -0.481 e. The van der Waals surface area contributed by atoms with Gasteiger partial charge in [-0.3, -0.25) is 9.59 Å². The number of carbonyl (C=O) groups excluding carboxylic acids is 1. The summed E-state index contributed by atoms with van der Waals surface area (Å²) in [5.74, 6) is -0.905.